The van der Waals surface area contributed by atoms with Gasteiger partial charge in [0, 0.05) is 35.4 Å². The van der Waals surface area contributed by atoms with Gasteiger partial charge in [-0.15, -0.1) is 0 Å². The van der Waals surface area contributed by atoms with Crippen LogP contribution >= 0.6 is 11.6 Å². The highest BCUT2D eigenvalue weighted by molar-refractivity contribution is 7.85. The monoisotopic (exact) mass is 303 g/mol. The molecular weight excluding hydrogens is 294 g/mol. The fourth-order valence-electron chi connectivity index (χ4n) is 1.75. The molecule has 0 aromatic carbocycles. The van der Waals surface area contributed by atoms with Crippen LogP contribution in [0.2, 0.25) is 5.15 Å². The third kappa shape index (κ3) is 3.07. The number of carbonyl (C=O) groups is 1. The lowest BCUT2D eigenvalue weighted by Crippen LogP contribution is -2.42. The fourth-order valence-corrected chi connectivity index (χ4v) is 2.96. The molecule has 0 aliphatic carbocycles. The molecule has 0 N–H and O–H groups in total. The molecule has 2 rings (SSSR count). The molecule has 9 heteroatoms. The van der Waals surface area contributed by atoms with Crippen LogP contribution in [0.1, 0.15) is 10.4 Å². The average Bonchev–Trinajstić information content (AvgIpc) is 2.38. The number of halogens is 1. The van der Waals surface area contributed by atoms with Crippen molar-refractivity contribution in [1.29, 1.82) is 0 Å². The van der Waals surface area contributed by atoms with Crippen LogP contribution in [0.3, 0.4) is 0 Å². The number of hydrogen-bond acceptors (Lipinski definition) is 5. The Bertz CT molecular complexity index is 556. The largest absolute Gasteiger partial charge is 0.337 e. The van der Waals surface area contributed by atoms with E-state index in [2.05, 4.69) is 4.98 Å². The number of pyridine rings is 1. The molecule has 1 amide bonds. The number of hydrogen-bond donors (Lipinski definition) is 0. The highest BCUT2D eigenvalue weighted by Crippen LogP contribution is 2.22. The Kier molecular flexibility index (Phi) is 4.11. The zero-order chi connectivity index (χ0) is 14.0. The van der Waals surface area contributed by atoms with Crippen LogP contribution in [-0.4, -0.2) is 49.5 Å². The third-order valence-corrected chi connectivity index (χ3v) is 4.22. The van der Waals surface area contributed by atoms with Gasteiger partial charge in [0.1, 0.15) is 16.9 Å². The molecule has 0 spiro atoms. The molecule has 2 heterocycles. The fraction of sp³-hybridized carbons (Fsp3) is 0.400. The summed E-state index contributed by atoms with van der Waals surface area (Å²) in [5, 5.41) is 10.9. The van der Waals surface area contributed by atoms with Gasteiger partial charge in [0.25, 0.3) is 11.6 Å². The normalized spacial score (nSPS) is 16.4. The van der Waals surface area contributed by atoms with Gasteiger partial charge in [-0.25, -0.2) is 4.98 Å². The summed E-state index contributed by atoms with van der Waals surface area (Å²) in [6, 6.07) is 1.19. The summed E-state index contributed by atoms with van der Waals surface area (Å²) >= 11 is 5.67. The molecule has 1 fully saturated rings. The van der Waals surface area contributed by atoms with E-state index < -0.39 is 21.6 Å². The Morgan fingerprint density at radius 2 is 2.11 bits per heavy atom. The second-order valence-corrected chi connectivity index (χ2v) is 6.00. The second-order valence-electron chi connectivity index (χ2n) is 3.92. The van der Waals surface area contributed by atoms with E-state index >= 15 is 0 Å². The van der Waals surface area contributed by atoms with Gasteiger partial charge in [-0.2, -0.15) is 0 Å². The maximum Gasteiger partial charge on any atom is 0.300 e. The Hall–Kier alpha value is -1.54. The summed E-state index contributed by atoms with van der Waals surface area (Å²) < 4.78 is 11.2. The summed E-state index contributed by atoms with van der Waals surface area (Å²) in [6.45, 7) is 0.644. The summed E-state index contributed by atoms with van der Waals surface area (Å²) in [5.41, 5.74) is -0.459. The minimum atomic E-state index is -0.919. The first-order valence-corrected chi connectivity index (χ1v) is 7.30. The van der Waals surface area contributed by atoms with Crippen molar-refractivity contribution in [2.75, 3.05) is 24.6 Å². The van der Waals surface area contributed by atoms with Crippen molar-refractivity contribution >= 4 is 34.0 Å². The van der Waals surface area contributed by atoms with Gasteiger partial charge in [0.2, 0.25) is 0 Å². The van der Waals surface area contributed by atoms with E-state index in [0.29, 0.717) is 24.6 Å². The molecule has 0 radical (unpaired) electrons. The molecule has 1 aliphatic heterocycles. The zero-order valence-electron chi connectivity index (χ0n) is 9.74. The predicted molar refractivity (Wildman–Crippen MR) is 69.7 cm³/mol. The van der Waals surface area contributed by atoms with Gasteiger partial charge in [-0.05, 0) is 6.07 Å². The molecule has 1 aromatic rings. The van der Waals surface area contributed by atoms with Crippen LogP contribution in [0, 0.1) is 10.1 Å². The molecule has 0 atom stereocenters. The van der Waals surface area contributed by atoms with E-state index in [1.165, 1.54) is 11.0 Å². The molecule has 102 valence electrons. The smallest absolute Gasteiger partial charge is 0.300 e. The van der Waals surface area contributed by atoms with Crippen LogP contribution in [0.5, 0.6) is 0 Å². The zero-order valence-corrected chi connectivity index (χ0v) is 11.3. The van der Waals surface area contributed by atoms with Gasteiger partial charge in [-0.1, -0.05) is 11.6 Å². The van der Waals surface area contributed by atoms with Crippen molar-refractivity contribution in [3.63, 3.8) is 0 Å². The molecule has 1 aliphatic rings. The lowest BCUT2D eigenvalue weighted by molar-refractivity contribution is -0.385. The quantitative estimate of drug-likeness (QED) is 0.458. The molecule has 7 nitrogen and oxygen atoms in total. The molecule has 0 unspecified atom stereocenters. The van der Waals surface area contributed by atoms with E-state index in [1.807, 2.05) is 0 Å². The number of nitro groups is 1. The third-order valence-electron chi connectivity index (χ3n) is 2.74. The van der Waals surface area contributed by atoms with Crippen molar-refractivity contribution in [2.45, 2.75) is 0 Å². The Morgan fingerprint density at radius 1 is 1.47 bits per heavy atom. The molecule has 1 aromatic heterocycles. The second kappa shape index (κ2) is 5.62. The van der Waals surface area contributed by atoms with Gasteiger partial charge >= 0.3 is 0 Å². The summed E-state index contributed by atoms with van der Waals surface area (Å²) in [6.07, 6.45) is 0.970. The van der Waals surface area contributed by atoms with Crippen molar-refractivity contribution in [1.82, 2.24) is 9.88 Å². The molecule has 0 saturated carbocycles. The van der Waals surface area contributed by atoms with E-state index in [4.69, 9.17) is 11.6 Å². The van der Waals surface area contributed by atoms with Crippen molar-refractivity contribution in [3.8, 4) is 0 Å². The van der Waals surface area contributed by atoms with Gasteiger partial charge in [-0.3, -0.25) is 19.1 Å². The van der Waals surface area contributed by atoms with Crippen LogP contribution < -0.4 is 0 Å². The van der Waals surface area contributed by atoms with Crippen LogP contribution in [0.25, 0.3) is 0 Å². The van der Waals surface area contributed by atoms with Gasteiger partial charge in [0.15, 0.2) is 0 Å². The molecule has 1 saturated heterocycles. The van der Waals surface area contributed by atoms with Crippen LogP contribution in [0.15, 0.2) is 12.3 Å². The lowest BCUT2D eigenvalue weighted by atomic mass is 10.2. The number of aromatic nitrogens is 1. The van der Waals surface area contributed by atoms with Crippen molar-refractivity contribution in [3.05, 3.63) is 33.1 Å². The van der Waals surface area contributed by atoms with E-state index in [-0.39, 0.29) is 16.4 Å². The first-order valence-electron chi connectivity index (χ1n) is 5.43. The van der Waals surface area contributed by atoms with Crippen LogP contribution in [-0.2, 0) is 10.8 Å². The number of rotatable bonds is 2. The lowest BCUT2D eigenvalue weighted by Gasteiger charge is -2.26. The topological polar surface area (TPSA) is 93.4 Å². The van der Waals surface area contributed by atoms with Crippen LogP contribution in [0.4, 0.5) is 5.69 Å². The average molecular weight is 304 g/mol. The highest BCUT2D eigenvalue weighted by Gasteiger charge is 2.27. The number of carbonyl (C=O) groups excluding carboxylic acids is 1. The number of nitrogens with zero attached hydrogens (tertiary/aromatic N) is 3. The minimum absolute atomic E-state index is 0.0227. The van der Waals surface area contributed by atoms with E-state index in [1.54, 1.807) is 0 Å². The first-order chi connectivity index (χ1) is 8.99. The first kappa shape index (κ1) is 13.9. The van der Waals surface area contributed by atoms with Gasteiger partial charge in [0.05, 0.1) is 4.92 Å². The summed E-state index contributed by atoms with van der Waals surface area (Å²) in [5.74, 6) is 0.296. The molecule has 19 heavy (non-hydrogen) atoms. The van der Waals surface area contributed by atoms with Gasteiger partial charge < -0.3 is 4.90 Å². The Balaban J connectivity index is 2.30. The maximum absolute atomic E-state index is 12.2. The Morgan fingerprint density at radius 3 is 2.68 bits per heavy atom. The van der Waals surface area contributed by atoms with Crippen molar-refractivity contribution in [2.24, 2.45) is 0 Å². The molecule has 0 bridgehead atoms. The molecular formula is C10H10ClN3O4S. The van der Waals surface area contributed by atoms with E-state index in [9.17, 15) is 19.1 Å². The van der Waals surface area contributed by atoms with E-state index in [0.717, 1.165) is 6.20 Å². The summed E-state index contributed by atoms with van der Waals surface area (Å²) in [4.78, 5) is 27.5. The maximum atomic E-state index is 12.2. The SMILES string of the molecule is O=C(c1cc(Cl)ncc1[N+](=O)[O-])N1CCS(=O)CC1. The summed E-state index contributed by atoms with van der Waals surface area (Å²) in [7, 11) is -0.919. The van der Waals surface area contributed by atoms with Crippen molar-refractivity contribution < 1.29 is 13.9 Å². The standard InChI is InChI=1S/C10H10ClN3O4S/c11-9-5-7(8(6-12-9)14(16)17)10(15)13-1-3-19(18)4-2-13/h5-6H,1-4H2. The number of amides is 1. The Labute approximate surface area is 116 Å². The predicted octanol–water partition coefficient (Wildman–Crippen LogP) is 0.848. The highest BCUT2D eigenvalue weighted by atomic mass is 35.5. The minimum Gasteiger partial charge on any atom is -0.337 e.